The standard InChI is InChI=1S/C15H21N3O2S/c1-2-7-19-9-11(16)14-17-15(20-18-14)13-8-10-5-3-4-6-12(10)21-13/h8,11H,2-7,9,16H2,1H3. The van der Waals surface area contributed by atoms with E-state index in [0.717, 1.165) is 17.7 Å². The highest BCUT2D eigenvalue weighted by molar-refractivity contribution is 7.15. The van der Waals surface area contributed by atoms with Crippen LogP contribution in [0.15, 0.2) is 10.6 Å². The molecule has 2 aromatic heterocycles. The van der Waals surface area contributed by atoms with Crippen molar-refractivity contribution in [3.63, 3.8) is 0 Å². The number of aryl methyl sites for hydroxylation is 2. The summed E-state index contributed by atoms with van der Waals surface area (Å²) in [5, 5.41) is 3.99. The number of thiophene rings is 1. The second kappa shape index (κ2) is 6.68. The molecule has 1 atom stereocenters. The van der Waals surface area contributed by atoms with Gasteiger partial charge in [0.2, 0.25) is 0 Å². The van der Waals surface area contributed by atoms with Gasteiger partial charge in [-0.2, -0.15) is 4.98 Å². The van der Waals surface area contributed by atoms with Crippen LogP contribution in [0.1, 0.15) is 48.5 Å². The predicted molar refractivity (Wildman–Crippen MR) is 82.3 cm³/mol. The smallest absolute Gasteiger partial charge is 0.268 e. The fourth-order valence-electron chi connectivity index (χ4n) is 2.51. The molecule has 1 aliphatic carbocycles. The van der Waals surface area contributed by atoms with E-state index in [1.807, 2.05) is 0 Å². The highest BCUT2D eigenvalue weighted by Crippen LogP contribution is 2.35. The summed E-state index contributed by atoms with van der Waals surface area (Å²) in [6, 6.07) is 1.86. The van der Waals surface area contributed by atoms with E-state index in [2.05, 4.69) is 23.1 Å². The van der Waals surface area contributed by atoms with E-state index < -0.39 is 0 Å². The zero-order valence-corrected chi connectivity index (χ0v) is 13.1. The van der Waals surface area contributed by atoms with Gasteiger partial charge in [-0.25, -0.2) is 0 Å². The summed E-state index contributed by atoms with van der Waals surface area (Å²) in [5.41, 5.74) is 7.46. The van der Waals surface area contributed by atoms with Crippen molar-refractivity contribution < 1.29 is 9.26 Å². The van der Waals surface area contributed by atoms with Gasteiger partial charge in [0.1, 0.15) is 0 Å². The molecule has 1 unspecified atom stereocenters. The monoisotopic (exact) mass is 307 g/mol. The van der Waals surface area contributed by atoms with Crippen molar-refractivity contribution in [3.8, 4) is 10.8 Å². The van der Waals surface area contributed by atoms with Gasteiger partial charge >= 0.3 is 0 Å². The van der Waals surface area contributed by atoms with Crippen LogP contribution in [0.3, 0.4) is 0 Å². The fraction of sp³-hybridized carbons (Fsp3) is 0.600. The number of nitrogens with zero attached hydrogens (tertiary/aromatic N) is 2. The van der Waals surface area contributed by atoms with Gasteiger partial charge in [0.25, 0.3) is 5.89 Å². The molecule has 0 saturated carbocycles. The third-order valence-corrected chi connectivity index (χ3v) is 4.85. The van der Waals surface area contributed by atoms with Gasteiger partial charge < -0.3 is 15.0 Å². The average Bonchev–Trinajstić information content (AvgIpc) is 3.13. The van der Waals surface area contributed by atoms with E-state index in [9.17, 15) is 0 Å². The van der Waals surface area contributed by atoms with Gasteiger partial charge in [0, 0.05) is 11.5 Å². The van der Waals surface area contributed by atoms with Gasteiger partial charge in [-0.15, -0.1) is 11.3 Å². The number of rotatable bonds is 6. The molecule has 2 aromatic rings. The third-order valence-electron chi connectivity index (χ3n) is 3.63. The summed E-state index contributed by atoms with van der Waals surface area (Å²) in [6.07, 6.45) is 5.87. The topological polar surface area (TPSA) is 74.2 Å². The van der Waals surface area contributed by atoms with Crippen LogP contribution in [0, 0.1) is 0 Å². The summed E-state index contributed by atoms with van der Waals surface area (Å²) in [5.74, 6) is 1.10. The second-order valence-electron chi connectivity index (χ2n) is 5.41. The number of hydrogen-bond acceptors (Lipinski definition) is 6. The van der Waals surface area contributed by atoms with Gasteiger partial charge in [0.15, 0.2) is 5.82 Å². The molecular weight excluding hydrogens is 286 g/mol. The molecule has 21 heavy (non-hydrogen) atoms. The molecule has 2 heterocycles. The number of aromatic nitrogens is 2. The Balaban J connectivity index is 1.70. The van der Waals surface area contributed by atoms with Crippen LogP contribution in [-0.2, 0) is 17.6 Å². The lowest BCUT2D eigenvalue weighted by Gasteiger charge is -2.08. The molecule has 3 rings (SSSR count). The molecule has 0 spiro atoms. The zero-order valence-electron chi connectivity index (χ0n) is 12.3. The van der Waals surface area contributed by atoms with E-state index in [4.69, 9.17) is 15.0 Å². The zero-order chi connectivity index (χ0) is 14.7. The summed E-state index contributed by atoms with van der Waals surface area (Å²) < 4.78 is 10.8. The summed E-state index contributed by atoms with van der Waals surface area (Å²) >= 11 is 1.77. The largest absolute Gasteiger partial charge is 0.379 e. The first kappa shape index (κ1) is 14.7. The molecule has 2 N–H and O–H groups in total. The number of fused-ring (bicyclic) bond motifs is 1. The molecule has 114 valence electrons. The molecule has 0 saturated heterocycles. The Kier molecular flexibility index (Phi) is 4.67. The first-order valence-corrected chi connectivity index (χ1v) is 8.38. The summed E-state index contributed by atoms with van der Waals surface area (Å²) in [4.78, 5) is 6.95. The molecule has 0 aliphatic heterocycles. The minimum absolute atomic E-state index is 0.330. The lowest BCUT2D eigenvalue weighted by atomic mass is 9.99. The fourth-order valence-corrected chi connectivity index (χ4v) is 3.69. The van der Waals surface area contributed by atoms with Crippen molar-refractivity contribution in [2.24, 2.45) is 5.73 Å². The Bertz CT molecular complexity index is 570. The van der Waals surface area contributed by atoms with E-state index in [-0.39, 0.29) is 6.04 Å². The predicted octanol–water partition coefficient (Wildman–Crippen LogP) is 3.10. The molecule has 0 aromatic carbocycles. The van der Waals surface area contributed by atoms with Crippen LogP contribution >= 0.6 is 11.3 Å². The Hall–Kier alpha value is -1.24. The first-order valence-electron chi connectivity index (χ1n) is 7.56. The summed E-state index contributed by atoms with van der Waals surface area (Å²) in [6.45, 7) is 3.19. The summed E-state index contributed by atoms with van der Waals surface area (Å²) in [7, 11) is 0. The normalized spacial score (nSPS) is 15.9. The molecule has 0 bridgehead atoms. The van der Waals surface area contributed by atoms with Crippen molar-refractivity contribution in [1.29, 1.82) is 0 Å². The van der Waals surface area contributed by atoms with E-state index in [1.54, 1.807) is 11.3 Å². The molecule has 0 fully saturated rings. The molecule has 6 heteroatoms. The van der Waals surface area contributed by atoms with Crippen LogP contribution in [0.2, 0.25) is 0 Å². The Morgan fingerprint density at radius 3 is 3.10 bits per heavy atom. The molecular formula is C15H21N3O2S. The van der Waals surface area contributed by atoms with Crippen LogP contribution in [-0.4, -0.2) is 23.4 Å². The van der Waals surface area contributed by atoms with Crippen molar-refractivity contribution >= 4 is 11.3 Å². The van der Waals surface area contributed by atoms with Crippen molar-refractivity contribution in [2.75, 3.05) is 13.2 Å². The maximum Gasteiger partial charge on any atom is 0.268 e. The lowest BCUT2D eigenvalue weighted by Crippen LogP contribution is -2.18. The minimum Gasteiger partial charge on any atom is -0.379 e. The molecule has 5 nitrogen and oxygen atoms in total. The van der Waals surface area contributed by atoms with Gasteiger partial charge in [-0.05, 0) is 43.7 Å². The first-order chi connectivity index (χ1) is 10.3. The van der Waals surface area contributed by atoms with Crippen molar-refractivity contribution in [2.45, 2.75) is 45.1 Å². The Morgan fingerprint density at radius 2 is 2.29 bits per heavy atom. The van der Waals surface area contributed by atoms with Crippen LogP contribution in [0.25, 0.3) is 10.8 Å². The Morgan fingerprint density at radius 1 is 1.43 bits per heavy atom. The van der Waals surface area contributed by atoms with E-state index in [0.29, 0.717) is 24.9 Å². The van der Waals surface area contributed by atoms with E-state index in [1.165, 1.54) is 29.7 Å². The third kappa shape index (κ3) is 3.33. The van der Waals surface area contributed by atoms with Crippen molar-refractivity contribution in [1.82, 2.24) is 10.1 Å². The van der Waals surface area contributed by atoms with Gasteiger partial charge in [-0.3, -0.25) is 0 Å². The van der Waals surface area contributed by atoms with Crippen LogP contribution < -0.4 is 5.73 Å². The maximum absolute atomic E-state index is 6.02. The van der Waals surface area contributed by atoms with Crippen LogP contribution in [0.5, 0.6) is 0 Å². The average molecular weight is 307 g/mol. The number of ether oxygens (including phenoxy) is 1. The molecule has 0 radical (unpaired) electrons. The minimum atomic E-state index is -0.330. The van der Waals surface area contributed by atoms with Gasteiger partial charge in [-0.1, -0.05) is 12.1 Å². The molecule has 0 amide bonds. The molecule has 1 aliphatic rings. The van der Waals surface area contributed by atoms with Gasteiger partial charge in [0.05, 0.1) is 17.5 Å². The lowest BCUT2D eigenvalue weighted by molar-refractivity contribution is 0.119. The quantitative estimate of drug-likeness (QED) is 0.830. The Labute approximate surface area is 128 Å². The maximum atomic E-state index is 6.02. The van der Waals surface area contributed by atoms with Crippen molar-refractivity contribution in [3.05, 3.63) is 22.3 Å². The highest BCUT2D eigenvalue weighted by Gasteiger charge is 2.20. The highest BCUT2D eigenvalue weighted by atomic mass is 32.1. The number of nitrogens with two attached hydrogens (primary N) is 1. The second-order valence-corrected chi connectivity index (χ2v) is 6.54. The number of hydrogen-bond donors (Lipinski definition) is 1. The SMILES string of the molecule is CCCOCC(N)c1noc(-c2cc3c(s2)CCCC3)n1. The van der Waals surface area contributed by atoms with Crippen LogP contribution in [0.4, 0.5) is 0 Å². The van der Waals surface area contributed by atoms with E-state index >= 15 is 0 Å².